The van der Waals surface area contributed by atoms with Crippen molar-refractivity contribution in [2.24, 2.45) is 0 Å². The molecule has 3 atom stereocenters. The Hall–Kier alpha value is -3.55. The lowest BCUT2D eigenvalue weighted by Gasteiger charge is -2.25. The molecule has 0 saturated heterocycles. The number of methoxy groups -OCH3 is 1. The van der Waals surface area contributed by atoms with Crippen molar-refractivity contribution in [1.29, 1.82) is 0 Å². The predicted molar refractivity (Wildman–Crippen MR) is 154 cm³/mol. The summed E-state index contributed by atoms with van der Waals surface area (Å²) >= 11 is 3.14. The van der Waals surface area contributed by atoms with Crippen LogP contribution in [0.15, 0.2) is 71.1 Å². The third kappa shape index (κ3) is 8.22. The van der Waals surface area contributed by atoms with Crippen molar-refractivity contribution in [3.63, 3.8) is 0 Å². The number of thiazole rings is 1. The van der Waals surface area contributed by atoms with Gasteiger partial charge in [0.25, 0.3) is 0 Å². The van der Waals surface area contributed by atoms with Gasteiger partial charge in [-0.2, -0.15) is 0 Å². The number of anilines is 1. The van der Waals surface area contributed by atoms with E-state index in [-0.39, 0.29) is 17.7 Å². The molecule has 0 radical (unpaired) electrons. The van der Waals surface area contributed by atoms with Gasteiger partial charge in [0, 0.05) is 23.2 Å². The molecule has 0 saturated carbocycles. The summed E-state index contributed by atoms with van der Waals surface area (Å²) in [6, 6.07) is 15.0. The molecule has 13 heteroatoms. The fourth-order valence-electron chi connectivity index (χ4n) is 4.02. The zero-order valence-electron chi connectivity index (χ0n) is 21.2. The molecule has 1 aliphatic rings. The Morgan fingerprint density at radius 1 is 1.05 bits per heavy atom. The van der Waals surface area contributed by atoms with Crippen LogP contribution in [0, 0.1) is 6.92 Å². The van der Waals surface area contributed by atoms with E-state index in [9.17, 15) is 18.0 Å². The van der Waals surface area contributed by atoms with Crippen LogP contribution in [0.2, 0.25) is 0 Å². The van der Waals surface area contributed by atoms with Gasteiger partial charge in [0.2, 0.25) is 16.8 Å². The molecule has 0 bridgehead atoms. The van der Waals surface area contributed by atoms with Crippen LogP contribution in [0.4, 0.5) is 10.5 Å². The summed E-state index contributed by atoms with van der Waals surface area (Å²) in [4.78, 5) is 30.2. The zero-order chi connectivity index (χ0) is 27.8. The number of carbonyl (C=O) groups excluding carboxylic acids is 2. The number of hydrogen-bond acceptors (Lipinski definition) is 9. The molecule has 2 amide bonds. The molecule has 2 aromatic carbocycles. The van der Waals surface area contributed by atoms with Crippen molar-refractivity contribution in [2.75, 3.05) is 11.8 Å². The Bertz CT molecular complexity index is 1380. The van der Waals surface area contributed by atoms with Crippen LogP contribution < -0.4 is 20.7 Å². The lowest BCUT2D eigenvalue weighted by Crippen LogP contribution is -2.52. The molecule has 0 aliphatic carbocycles. The van der Waals surface area contributed by atoms with Gasteiger partial charge in [0.15, 0.2) is 0 Å². The Balaban J connectivity index is 1.54. The van der Waals surface area contributed by atoms with Crippen LogP contribution in [-0.4, -0.2) is 44.6 Å². The Morgan fingerprint density at radius 2 is 1.77 bits per heavy atom. The van der Waals surface area contributed by atoms with Gasteiger partial charge in [-0.15, -0.1) is 23.1 Å². The molecular weight excluding hydrogens is 559 g/mol. The Kier molecular flexibility index (Phi) is 9.85. The first kappa shape index (κ1) is 28.5. The molecule has 1 aliphatic heterocycles. The molecule has 39 heavy (non-hydrogen) atoms. The minimum atomic E-state index is -2.76. The van der Waals surface area contributed by atoms with E-state index in [0.29, 0.717) is 12.1 Å². The highest BCUT2D eigenvalue weighted by atomic mass is 32.2. The first-order valence-corrected chi connectivity index (χ1v) is 15.0. The van der Waals surface area contributed by atoms with Crippen LogP contribution in [-0.2, 0) is 33.3 Å². The summed E-state index contributed by atoms with van der Waals surface area (Å²) in [5, 5.41) is 14.1. The fourth-order valence-corrected chi connectivity index (χ4v) is 6.08. The molecule has 0 spiro atoms. The molecule has 4 rings (SSSR count). The number of nitrogens with one attached hydrogen (secondary N) is 4. The number of rotatable bonds is 11. The minimum absolute atomic E-state index is 0.0856. The normalized spacial score (nSPS) is 16.1. The summed E-state index contributed by atoms with van der Waals surface area (Å²) in [5.41, 5.74) is 3.94. The topological polar surface area (TPSA) is 139 Å². The fraction of sp³-hybridized carbons (Fsp3) is 0.269. The molecular formula is C26H29N5O5S3. The van der Waals surface area contributed by atoms with Crippen molar-refractivity contribution < 1.29 is 22.7 Å². The first-order valence-electron chi connectivity index (χ1n) is 12.0. The largest absolute Gasteiger partial charge is 0.453 e. The first-order chi connectivity index (χ1) is 18.8. The van der Waals surface area contributed by atoms with Crippen molar-refractivity contribution in [2.45, 2.75) is 37.2 Å². The Labute approximate surface area is 236 Å². The Morgan fingerprint density at radius 3 is 2.41 bits per heavy atom. The maximum atomic E-state index is 13.6. The van der Waals surface area contributed by atoms with E-state index in [1.165, 1.54) is 7.11 Å². The highest BCUT2D eigenvalue weighted by molar-refractivity contribution is 8.02. The zero-order valence-corrected chi connectivity index (χ0v) is 23.8. The minimum Gasteiger partial charge on any atom is -0.453 e. The van der Waals surface area contributed by atoms with Crippen LogP contribution in [0.3, 0.4) is 0 Å². The van der Waals surface area contributed by atoms with Crippen LogP contribution in [0.1, 0.15) is 27.2 Å². The van der Waals surface area contributed by atoms with Gasteiger partial charge in [0.05, 0.1) is 23.9 Å². The smallest absolute Gasteiger partial charge is 0.407 e. The molecule has 10 nitrogen and oxygen atoms in total. The number of benzene rings is 2. The van der Waals surface area contributed by atoms with E-state index in [1.807, 2.05) is 48.0 Å². The molecule has 2 heterocycles. The number of aryl methyl sites for hydroxylation is 1. The highest BCUT2D eigenvalue weighted by Crippen LogP contribution is 2.36. The van der Waals surface area contributed by atoms with Crippen molar-refractivity contribution in [3.8, 4) is 0 Å². The number of aromatic nitrogens is 1. The summed E-state index contributed by atoms with van der Waals surface area (Å²) in [6.45, 7) is 1.95. The van der Waals surface area contributed by atoms with Gasteiger partial charge in [0.1, 0.15) is 11.4 Å². The van der Waals surface area contributed by atoms with Gasteiger partial charge >= 0.3 is 6.09 Å². The van der Waals surface area contributed by atoms with Crippen molar-refractivity contribution in [3.05, 3.63) is 92.9 Å². The second kappa shape index (κ2) is 13.5. The van der Waals surface area contributed by atoms with Crippen LogP contribution in [0.5, 0.6) is 0 Å². The monoisotopic (exact) mass is 587 g/mol. The van der Waals surface area contributed by atoms with E-state index in [1.54, 1.807) is 47.4 Å². The van der Waals surface area contributed by atoms with E-state index in [2.05, 4.69) is 25.7 Å². The molecule has 3 aromatic rings. The molecule has 0 fully saturated rings. The van der Waals surface area contributed by atoms with E-state index in [0.717, 1.165) is 27.5 Å². The number of ether oxygens (including phenoxy) is 1. The van der Waals surface area contributed by atoms with Gasteiger partial charge < -0.3 is 20.7 Å². The summed E-state index contributed by atoms with van der Waals surface area (Å²) in [7, 11) is -1.51. The average Bonchev–Trinajstić information content (AvgIpc) is 3.58. The van der Waals surface area contributed by atoms with Crippen molar-refractivity contribution >= 4 is 51.7 Å². The lowest BCUT2D eigenvalue weighted by molar-refractivity contribution is -0.123. The maximum absolute atomic E-state index is 13.6. The van der Waals surface area contributed by atoms with E-state index in [4.69, 9.17) is 4.74 Å². The highest BCUT2D eigenvalue weighted by Gasteiger charge is 2.30. The summed E-state index contributed by atoms with van der Waals surface area (Å²) in [5.74, 6) is -0.364. The predicted octanol–water partition coefficient (Wildman–Crippen LogP) is 3.26. The molecule has 1 aromatic heterocycles. The third-order valence-corrected chi connectivity index (χ3v) is 8.17. The summed E-state index contributed by atoms with van der Waals surface area (Å²) < 4.78 is 29.1. The van der Waals surface area contributed by atoms with Gasteiger partial charge in [-0.25, -0.2) is 18.2 Å². The number of amides is 2. The van der Waals surface area contributed by atoms with Crippen LogP contribution in [0.25, 0.3) is 0 Å². The third-order valence-electron chi connectivity index (χ3n) is 5.92. The van der Waals surface area contributed by atoms with Gasteiger partial charge in [-0.1, -0.05) is 42.5 Å². The average molecular weight is 588 g/mol. The second-order valence-corrected chi connectivity index (χ2v) is 11.5. The number of thiol groups is 1. The molecule has 1 unspecified atom stereocenters. The van der Waals surface area contributed by atoms with E-state index >= 15 is 0 Å². The number of hydrogen-bond donors (Lipinski definition) is 5. The summed E-state index contributed by atoms with van der Waals surface area (Å²) in [6.07, 6.45) is 0.00762. The maximum Gasteiger partial charge on any atom is 0.407 e. The van der Waals surface area contributed by atoms with E-state index < -0.39 is 29.1 Å². The lowest BCUT2D eigenvalue weighted by atomic mass is 10.0. The second-order valence-electron chi connectivity index (χ2n) is 8.73. The molecule has 206 valence electrons. The number of thioether (sulfide) groups is 1. The number of nitrogens with zero attached hydrogens (tertiary/aromatic N) is 1. The van der Waals surface area contributed by atoms with Gasteiger partial charge in [-0.05, 0) is 42.0 Å². The molecule has 4 N–H and O–H groups in total. The number of carbonyl (C=O) groups is 2. The van der Waals surface area contributed by atoms with Crippen molar-refractivity contribution in [1.82, 2.24) is 20.9 Å². The standard InChI is InChI=1S/C26H29N5O5S3/c1-16-27-23(15-37-16)25-29-22(14-38-25)20(12-18-8-10-19(11-9-18)31-39(34)35)28-24(32)21(30-26(33)36-2)13-17-6-4-3-5-7-17/h3-11,14-15,20-21,25,29,39H,12-13H2,1-2H3,(H,28,32)(H,30,33)(H,31,34,35)/t20-,21-,25?/m0/s1. The SMILES string of the molecule is COC(=O)N[C@@H](Cc1ccccc1)C(=O)N[C@@H](Cc1ccc(N[SH](=O)=O)cc1)C1=CSC(c2csc(C)n2)N1. The van der Waals surface area contributed by atoms with Gasteiger partial charge in [-0.3, -0.25) is 9.52 Å². The quantitative estimate of drug-likeness (QED) is 0.216. The number of alkyl carbamates (subject to hydrolysis) is 1. The van der Waals surface area contributed by atoms with Crippen LogP contribution >= 0.6 is 23.1 Å².